The van der Waals surface area contributed by atoms with E-state index in [-0.39, 0.29) is 35.2 Å². The minimum absolute atomic E-state index is 0.0775. The highest BCUT2D eigenvalue weighted by atomic mass is 19.1. The Morgan fingerprint density at radius 1 is 1.26 bits per heavy atom. The number of amidine groups is 1. The smallest absolute Gasteiger partial charge is 0.253 e. The van der Waals surface area contributed by atoms with E-state index in [0.29, 0.717) is 25.7 Å². The van der Waals surface area contributed by atoms with Crippen LogP contribution in [0.25, 0.3) is 0 Å². The van der Waals surface area contributed by atoms with Crippen molar-refractivity contribution in [1.29, 1.82) is 10.7 Å². The molecular weight excluding hydrogens is 447 g/mol. The molecule has 0 aliphatic heterocycles. The average Bonchev–Trinajstić information content (AvgIpc) is 2.78. The first kappa shape index (κ1) is 24.6. The topological polar surface area (TPSA) is 140 Å². The zero-order valence-electron chi connectivity index (χ0n) is 18.2. The van der Waals surface area contributed by atoms with Crippen molar-refractivity contribution < 1.29 is 18.0 Å². The van der Waals surface area contributed by atoms with E-state index >= 15 is 0 Å². The van der Waals surface area contributed by atoms with Gasteiger partial charge in [0.15, 0.2) is 0 Å². The predicted molar refractivity (Wildman–Crippen MR) is 121 cm³/mol. The molecule has 0 atom stereocenters. The van der Waals surface area contributed by atoms with Crippen molar-refractivity contribution in [3.8, 4) is 6.07 Å². The average molecular weight is 471 g/mol. The first-order valence-corrected chi connectivity index (χ1v) is 10.5. The fourth-order valence-corrected chi connectivity index (χ4v) is 3.85. The van der Waals surface area contributed by atoms with Crippen LogP contribution in [0, 0.1) is 34.3 Å². The third kappa shape index (κ3) is 6.25. The first-order chi connectivity index (χ1) is 16.2. The monoisotopic (exact) mass is 471 g/mol. The van der Waals surface area contributed by atoms with Gasteiger partial charge in [-0.05, 0) is 49.9 Å². The molecule has 0 unspecified atom stereocenters. The number of benzene rings is 1. The van der Waals surface area contributed by atoms with Crippen molar-refractivity contribution in [2.45, 2.75) is 43.7 Å². The Hall–Kier alpha value is -4.07. The lowest BCUT2D eigenvalue weighted by atomic mass is 9.77. The van der Waals surface area contributed by atoms with E-state index in [4.69, 9.17) is 11.1 Å². The van der Waals surface area contributed by atoms with Gasteiger partial charge in [0.2, 0.25) is 5.95 Å². The summed E-state index contributed by atoms with van der Waals surface area (Å²) in [7, 11) is 0. The molecule has 1 fully saturated rings. The van der Waals surface area contributed by atoms with Crippen molar-refractivity contribution in [2.24, 2.45) is 5.73 Å². The number of halogens is 3. The lowest BCUT2D eigenvalue weighted by molar-refractivity contribution is -0.114. The Morgan fingerprint density at radius 2 is 2.00 bits per heavy atom. The predicted octanol–water partition coefficient (Wildman–Crippen LogP) is 3.55. The summed E-state index contributed by atoms with van der Waals surface area (Å²) in [6.07, 6.45) is 4.70. The van der Waals surface area contributed by atoms with Gasteiger partial charge < -0.3 is 21.7 Å². The number of hydrogen-bond donors (Lipinski definition) is 5. The van der Waals surface area contributed by atoms with Gasteiger partial charge in [-0.3, -0.25) is 10.2 Å². The van der Waals surface area contributed by atoms with Gasteiger partial charge in [-0.25, -0.2) is 13.8 Å². The van der Waals surface area contributed by atoms with Crippen LogP contribution < -0.4 is 21.7 Å². The summed E-state index contributed by atoms with van der Waals surface area (Å²) in [6, 6.07) is 7.69. The number of nitrogens with one attached hydrogen (secondary N) is 4. The highest BCUT2D eigenvalue weighted by Gasteiger charge is 2.35. The van der Waals surface area contributed by atoms with Gasteiger partial charge in [0, 0.05) is 35.7 Å². The fraction of sp³-hybridized carbons (Fsp3) is 0.304. The number of primary amides is 1. The second-order valence-electron chi connectivity index (χ2n) is 8.09. The van der Waals surface area contributed by atoms with Crippen LogP contribution in [0.1, 0.15) is 32.1 Å². The Labute approximate surface area is 194 Å². The molecule has 34 heavy (non-hydrogen) atoms. The number of amides is 1. The molecule has 6 N–H and O–H groups in total. The number of hydrogen-bond acceptors (Lipinski definition) is 6. The van der Waals surface area contributed by atoms with Crippen LogP contribution in [0.15, 0.2) is 48.3 Å². The number of rotatable bonds is 8. The number of pyridine rings is 1. The molecule has 1 aromatic heterocycles. The normalized spacial score (nSPS) is 20.2. The van der Waals surface area contributed by atoms with Crippen LogP contribution in [-0.4, -0.2) is 28.3 Å². The maximum Gasteiger partial charge on any atom is 0.253 e. The number of nitrogens with zero attached hydrogens (tertiary/aromatic N) is 2. The molecule has 1 aliphatic rings. The summed E-state index contributed by atoms with van der Waals surface area (Å²) in [6.45, 7) is 0. The third-order valence-corrected chi connectivity index (χ3v) is 5.70. The van der Waals surface area contributed by atoms with Gasteiger partial charge in [0.1, 0.15) is 17.5 Å². The van der Waals surface area contributed by atoms with Crippen LogP contribution in [0.4, 0.5) is 24.5 Å². The van der Waals surface area contributed by atoms with Crippen LogP contribution in [-0.2, 0) is 4.79 Å². The van der Waals surface area contributed by atoms with Crippen molar-refractivity contribution in [3.63, 3.8) is 0 Å². The number of nitriles is 1. The Balaban J connectivity index is 1.69. The van der Waals surface area contributed by atoms with E-state index in [0.717, 1.165) is 24.3 Å². The van der Waals surface area contributed by atoms with Crippen molar-refractivity contribution >= 4 is 23.1 Å². The van der Waals surface area contributed by atoms with Gasteiger partial charge in [0.25, 0.3) is 5.91 Å². The molecule has 2 aromatic rings. The Kier molecular flexibility index (Phi) is 7.73. The number of nitrogens with two attached hydrogens (primary N) is 1. The summed E-state index contributed by atoms with van der Waals surface area (Å²) >= 11 is 0. The molecule has 1 aliphatic carbocycles. The zero-order chi connectivity index (χ0) is 24.7. The second-order valence-corrected chi connectivity index (χ2v) is 8.09. The van der Waals surface area contributed by atoms with Gasteiger partial charge in [-0.15, -0.1) is 0 Å². The molecule has 178 valence electrons. The lowest BCUT2D eigenvalue weighted by Gasteiger charge is -2.40. The highest BCUT2D eigenvalue weighted by molar-refractivity contribution is 6.23. The van der Waals surface area contributed by atoms with Crippen LogP contribution in [0.5, 0.6) is 0 Å². The molecule has 1 aromatic carbocycles. The molecule has 0 saturated heterocycles. The summed E-state index contributed by atoms with van der Waals surface area (Å²) in [5.41, 5.74) is 4.84. The van der Waals surface area contributed by atoms with Gasteiger partial charge >= 0.3 is 0 Å². The number of carbonyl (C=O) groups is 1. The van der Waals surface area contributed by atoms with Gasteiger partial charge in [-0.2, -0.15) is 9.65 Å². The van der Waals surface area contributed by atoms with Crippen LogP contribution in [0.3, 0.4) is 0 Å². The molecule has 1 amide bonds. The maximum absolute atomic E-state index is 14.0. The number of aromatic nitrogens is 1. The lowest BCUT2D eigenvalue weighted by Crippen LogP contribution is -2.48. The minimum atomic E-state index is -0.886. The SMILES string of the molecule is N#CCC1(N/C=C(\C(=N)Nc2ccnc(F)c2)C(N)=O)CCC(Nc2cc(F)ccc2F)CC1. The molecule has 0 bridgehead atoms. The molecule has 0 spiro atoms. The molecule has 3 rings (SSSR count). The van der Waals surface area contributed by atoms with E-state index in [1.807, 2.05) is 0 Å². The second kappa shape index (κ2) is 10.7. The summed E-state index contributed by atoms with van der Waals surface area (Å²) in [4.78, 5) is 15.4. The van der Waals surface area contributed by atoms with Crippen molar-refractivity contribution in [3.05, 3.63) is 65.9 Å². The van der Waals surface area contributed by atoms with E-state index in [1.165, 1.54) is 18.5 Å². The maximum atomic E-state index is 14.0. The van der Waals surface area contributed by atoms with E-state index in [2.05, 4.69) is 27.0 Å². The summed E-state index contributed by atoms with van der Waals surface area (Å²) < 4.78 is 40.7. The molecule has 11 heteroatoms. The molecule has 8 nitrogen and oxygen atoms in total. The van der Waals surface area contributed by atoms with Crippen LogP contribution >= 0.6 is 0 Å². The highest BCUT2D eigenvalue weighted by Crippen LogP contribution is 2.33. The molecule has 1 heterocycles. The zero-order valence-corrected chi connectivity index (χ0v) is 18.2. The van der Waals surface area contributed by atoms with Crippen molar-refractivity contribution in [2.75, 3.05) is 10.6 Å². The van der Waals surface area contributed by atoms with Crippen LogP contribution in [0.2, 0.25) is 0 Å². The third-order valence-electron chi connectivity index (χ3n) is 5.70. The Morgan fingerprint density at radius 3 is 2.65 bits per heavy atom. The first-order valence-electron chi connectivity index (χ1n) is 10.5. The quantitative estimate of drug-likeness (QED) is 0.173. The van der Waals surface area contributed by atoms with E-state index in [1.54, 1.807) is 0 Å². The summed E-state index contributed by atoms with van der Waals surface area (Å²) in [5.74, 6) is -3.09. The van der Waals surface area contributed by atoms with E-state index < -0.39 is 29.0 Å². The van der Waals surface area contributed by atoms with E-state index in [9.17, 15) is 23.2 Å². The number of carbonyl (C=O) groups excluding carboxylic acids is 1. The van der Waals surface area contributed by atoms with Crippen molar-refractivity contribution in [1.82, 2.24) is 10.3 Å². The van der Waals surface area contributed by atoms with Gasteiger partial charge in [0.05, 0.1) is 23.8 Å². The summed E-state index contributed by atoms with van der Waals surface area (Å²) in [5, 5.41) is 26.2. The molecule has 0 radical (unpaired) electrons. The largest absolute Gasteiger partial charge is 0.384 e. The van der Waals surface area contributed by atoms with Gasteiger partial charge in [-0.1, -0.05) is 0 Å². The Bertz CT molecular complexity index is 1140. The fourth-order valence-electron chi connectivity index (χ4n) is 3.85. The molecule has 1 saturated carbocycles. The standard InChI is InChI=1S/C23H24F3N7O/c24-14-1-2-18(25)19(11-14)32-15-3-6-23(7-4-15,8-9-27)31-13-17(22(29)34)21(28)33-16-5-10-30-20(26)12-16/h1-2,5,10-13,15,31-32H,3-4,6-8H2,(H2,29,34)(H2,28,30,33)/b17-13+. The minimum Gasteiger partial charge on any atom is -0.384 e. The number of anilines is 2. The molecular formula is C23H24F3N7O.